The fourth-order valence-electron chi connectivity index (χ4n) is 3.35. The molecule has 1 N–H and O–H groups in total. The molecular formula is C15H30N2O2. The van der Waals surface area contributed by atoms with Crippen LogP contribution in [0.15, 0.2) is 0 Å². The fourth-order valence-corrected chi connectivity index (χ4v) is 3.35. The lowest BCUT2D eigenvalue weighted by atomic mass is 9.98. The Balaban J connectivity index is 1.67. The molecule has 3 atom stereocenters. The van der Waals surface area contributed by atoms with Gasteiger partial charge in [0, 0.05) is 26.7 Å². The van der Waals surface area contributed by atoms with Gasteiger partial charge in [-0.15, -0.1) is 0 Å². The van der Waals surface area contributed by atoms with Crippen molar-refractivity contribution >= 4 is 0 Å². The first-order chi connectivity index (χ1) is 9.31. The van der Waals surface area contributed by atoms with E-state index in [0.717, 1.165) is 32.2 Å². The Hall–Kier alpha value is -0.160. The summed E-state index contributed by atoms with van der Waals surface area (Å²) in [6, 6.07) is 0. The number of hydrogen-bond acceptors (Lipinski definition) is 4. The van der Waals surface area contributed by atoms with Gasteiger partial charge in [-0.05, 0) is 44.7 Å². The van der Waals surface area contributed by atoms with E-state index in [-0.39, 0.29) is 0 Å². The third kappa shape index (κ3) is 5.03. The molecule has 2 saturated heterocycles. The van der Waals surface area contributed by atoms with Crippen molar-refractivity contribution in [3.8, 4) is 0 Å². The third-order valence-electron chi connectivity index (χ3n) is 4.28. The number of piperidine rings is 1. The van der Waals surface area contributed by atoms with Gasteiger partial charge in [0.1, 0.15) is 0 Å². The number of hydrogen-bond donors (Lipinski definition) is 1. The molecule has 0 amide bonds. The molecule has 0 spiro atoms. The predicted octanol–water partition coefficient (Wildman–Crippen LogP) is 1.50. The van der Waals surface area contributed by atoms with Gasteiger partial charge in [-0.2, -0.15) is 0 Å². The summed E-state index contributed by atoms with van der Waals surface area (Å²) >= 11 is 0. The summed E-state index contributed by atoms with van der Waals surface area (Å²) in [5, 5.41) is 3.38. The Kier molecular flexibility index (Phi) is 6.57. The molecule has 3 unspecified atom stereocenters. The van der Waals surface area contributed by atoms with E-state index in [4.69, 9.17) is 9.47 Å². The third-order valence-corrected chi connectivity index (χ3v) is 4.28. The van der Waals surface area contributed by atoms with Crippen LogP contribution in [-0.2, 0) is 9.47 Å². The maximum atomic E-state index is 6.13. The molecule has 2 aliphatic rings. The number of nitrogens with zero attached hydrogens (tertiary/aromatic N) is 1. The predicted molar refractivity (Wildman–Crippen MR) is 77.5 cm³/mol. The Bertz CT molecular complexity index is 248. The summed E-state index contributed by atoms with van der Waals surface area (Å²) in [5.41, 5.74) is 0. The van der Waals surface area contributed by atoms with Crippen molar-refractivity contribution in [1.82, 2.24) is 10.2 Å². The Morgan fingerprint density at radius 3 is 2.89 bits per heavy atom. The average Bonchev–Trinajstić information content (AvgIpc) is 2.85. The summed E-state index contributed by atoms with van der Waals surface area (Å²) < 4.78 is 11.4. The second kappa shape index (κ2) is 8.20. The molecule has 2 aliphatic heterocycles. The van der Waals surface area contributed by atoms with Gasteiger partial charge in [0.25, 0.3) is 0 Å². The number of rotatable bonds is 7. The SMILES string of the molecule is CCNCC1CCC(CN2CCCC(COC)C2)O1. The van der Waals surface area contributed by atoms with Gasteiger partial charge in [0.15, 0.2) is 0 Å². The molecule has 2 heterocycles. The topological polar surface area (TPSA) is 33.7 Å². The second-order valence-corrected chi connectivity index (χ2v) is 5.99. The lowest BCUT2D eigenvalue weighted by Gasteiger charge is -2.33. The molecule has 0 aromatic rings. The first-order valence-corrected chi connectivity index (χ1v) is 7.89. The van der Waals surface area contributed by atoms with Crippen molar-refractivity contribution in [2.75, 3.05) is 46.4 Å². The molecule has 0 radical (unpaired) electrons. The van der Waals surface area contributed by atoms with Crippen molar-refractivity contribution in [2.24, 2.45) is 5.92 Å². The Morgan fingerprint density at radius 2 is 2.11 bits per heavy atom. The summed E-state index contributed by atoms with van der Waals surface area (Å²) in [4.78, 5) is 2.58. The molecule has 0 aromatic carbocycles. The number of likely N-dealkylation sites (N-methyl/N-ethyl adjacent to an activating group) is 1. The standard InChI is InChI=1S/C15H30N2O2/c1-3-16-9-14-6-7-15(19-14)11-17-8-4-5-13(10-17)12-18-2/h13-16H,3-12H2,1-2H3. The molecule has 0 aromatic heterocycles. The molecule has 0 aliphatic carbocycles. The van der Waals surface area contributed by atoms with Crippen LogP contribution >= 0.6 is 0 Å². The van der Waals surface area contributed by atoms with E-state index in [1.54, 1.807) is 0 Å². The van der Waals surface area contributed by atoms with Gasteiger partial charge in [0.2, 0.25) is 0 Å². The van der Waals surface area contributed by atoms with E-state index in [0.29, 0.717) is 12.2 Å². The van der Waals surface area contributed by atoms with Crippen molar-refractivity contribution in [1.29, 1.82) is 0 Å². The molecule has 112 valence electrons. The first-order valence-electron chi connectivity index (χ1n) is 7.89. The average molecular weight is 270 g/mol. The van der Waals surface area contributed by atoms with Crippen molar-refractivity contribution in [3.05, 3.63) is 0 Å². The Labute approximate surface area is 117 Å². The van der Waals surface area contributed by atoms with Crippen LogP contribution in [0.3, 0.4) is 0 Å². The molecule has 4 nitrogen and oxygen atoms in total. The fraction of sp³-hybridized carbons (Fsp3) is 1.00. The number of likely N-dealkylation sites (tertiary alicyclic amines) is 1. The van der Waals surface area contributed by atoms with Gasteiger partial charge in [-0.1, -0.05) is 6.92 Å². The van der Waals surface area contributed by atoms with Gasteiger partial charge < -0.3 is 19.7 Å². The molecule has 19 heavy (non-hydrogen) atoms. The maximum absolute atomic E-state index is 6.13. The maximum Gasteiger partial charge on any atom is 0.0707 e. The molecule has 0 saturated carbocycles. The van der Waals surface area contributed by atoms with Crippen molar-refractivity contribution < 1.29 is 9.47 Å². The van der Waals surface area contributed by atoms with Crippen LogP contribution in [0.5, 0.6) is 0 Å². The van der Waals surface area contributed by atoms with E-state index in [2.05, 4.69) is 17.1 Å². The zero-order chi connectivity index (χ0) is 13.5. The van der Waals surface area contributed by atoms with E-state index in [1.165, 1.54) is 38.8 Å². The minimum absolute atomic E-state index is 0.435. The highest BCUT2D eigenvalue weighted by Crippen LogP contribution is 2.23. The van der Waals surface area contributed by atoms with Gasteiger partial charge >= 0.3 is 0 Å². The van der Waals surface area contributed by atoms with Crippen LogP contribution in [0.25, 0.3) is 0 Å². The van der Waals surface area contributed by atoms with E-state index in [9.17, 15) is 0 Å². The van der Waals surface area contributed by atoms with Crippen molar-refractivity contribution in [2.45, 2.75) is 44.8 Å². The second-order valence-electron chi connectivity index (χ2n) is 5.99. The van der Waals surface area contributed by atoms with Gasteiger partial charge in [-0.3, -0.25) is 0 Å². The monoisotopic (exact) mass is 270 g/mol. The highest BCUT2D eigenvalue weighted by atomic mass is 16.5. The molecule has 4 heteroatoms. The van der Waals surface area contributed by atoms with Gasteiger partial charge in [-0.25, -0.2) is 0 Å². The van der Waals surface area contributed by atoms with Gasteiger partial charge in [0.05, 0.1) is 18.8 Å². The highest BCUT2D eigenvalue weighted by Gasteiger charge is 2.28. The molecular weight excluding hydrogens is 240 g/mol. The lowest BCUT2D eigenvalue weighted by molar-refractivity contribution is 0.00893. The van der Waals surface area contributed by atoms with Crippen LogP contribution in [-0.4, -0.2) is 63.5 Å². The van der Waals surface area contributed by atoms with E-state index < -0.39 is 0 Å². The van der Waals surface area contributed by atoms with Crippen LogP contribution in [0.1, 0.15) is 32.6 Å². The number of nitrogens with one attached hydrogen (secondary N) is 1. The van der Waals surface area contributed by atoms with Crippen molar-refractivity contribution in [3.63, 3.8) is 0 Å². The number of methoxy groups -OCH3 is 1. The zero-order valence-corrected chi connectivity index (χ0v) is 12.6. The zero-order valence-electron chi connectivity index (χ0n) is 12.6. The first kappa shape index (κ1) is 15.2. The van der Waals surface area contributed by atoms with Crippen LogP contribution < -0.4 is 5.32 Å². The highest BCUT2D eigenvalue weighted by molar-refractivity contribution is 4.80. The molecule has 2 rings (SSSR count). The van der Waals surface area contributed by atoms with Crippen LogP contribution in [0, 0.1) is 5.92 Å². The summed E-state index contributed by atoms with van der Waals surface area (Å²) in [7, 11) is 1.81. The van der Waals surface area contributed by atoms with E-state index in [1.807, 2.05) is 7.11 Å². The Morgan fingerprint density at radius 1 is 1.26 bits per heavy atom. The summed E-state index contributed by atoms with van der Waals surface area (Å²) in [5.74, 6) is 0.720. The minimum Gasteiger partial charge on any atom is -0.384 e. The largest absolute Gasteiger partial charge is 0.384 e. The molecule has 0 bridgehead atoms. The lowest BCUT2D eigenvalue weighted by Crippen LogP contribution is -2.41. The minimum atomic E-state index is 0.435. The summed E-state index contributed by atoms with van der Waals surface area (Å²) in [6.07, 6.45) is 5.95. The smallest absolute Gasteiger partial charge is 0.0707 e. The van der Waals surface area contributed by atoms with E-state index >= 15 is 0 Å². The number of ether oxygens (including phenoxy) is 2. The normalized spacial score (nSPS) is 32.8. The molecule has 2 fully saturated rings. The summed E-state index contributed by atoms with van der Waals surface area (Å²) in [6.45, 7) is 8.64. The van der Waals surface area contributed by atoms with Crippen LogP contribution in [0.4, 0.5) is 0 Å². The quantitative estimate of drug-likeness (QED) is 0.760. The van der Waals surface area contributed by atoms with Crippen LogP contribution in [0.2, 0.25) is 0 Å².